The van der Waals surface area contributed by atoms with Crippen LogP contribution in [0.1, 0.15) is 35.9 Å². The molecule has 1 unspecified atom stereocenters. The molecule has 2 N–H and O–H groups in total. The van der Waals surface area contributed by atoms with E-state index in [1.807, 2.05) is 38.1 Å². The molecule has 1 aromatic heterocycles. The minimum Gasteiger partial charge on any atom is -0.369 e. The molecule has 1 aromatic carbocycles. The van der Waals surface area contributed by atoms with Crippen molar-refractivity contribution < 1.29 is 4.79 Å². The third kappa shape index (κ3) is 4.26. The highest BCUT2D eigenvalue weighted by Crippen LogP contribution is 2.18. The van der Waals surface area contributed by atoms with Gasteiger partial charge in [-0.25, -0.2) is 9.97 Å². The van der Waals surface area contributed by atoms with Gasteiger partial charge in [0, 0.05) is 11.0 Å². The van der Waals surface area contributed by atoms with Gasteiger partial charge < -0.3 is 10.6 Å². The summed E-state index contributed by atoms with van der Waals surface area (Å²) in [7, 11) is 0. The van der Waals surface area contributed by atoms with Gasteiger partial charge in [0.15, 0.2) is 0 Å². The van der Waals surface area contributed by atoms with E-state index < -0.39 is 0 Å². The van der Waals surface area contributed by atoms with E-state index in [0.29, 0.717) is 11.5 Å². The normalized spacial score (nSPS) is 11.8. The average molecular weight is 349 g/mol. The second-order valence-corrected chi connectivity index (χ2v) is 5.48. The van der Waals surface area contributed by atoms with E-state index in [9.17, 15) is 4.79 Å². The Labute approximate surface area is 132 Å². The molecule has 0 aliphatic carbocycles. The number of hydrogen-bond acceptors (Lipinski definition) is 4. The summed E-state index contributed by atoms with van der Waals surface area (Å²) in [4.78, 5) is 20.4. The fourth-order valence-corrected chi connectivity index (χ4v) is 2.26. The summed E-state index contributed by atoms with van der Waals surface area (Å²) in [6.07, 6.45) is 3.03. The Morgan fingerprint density at radius 2 is 2.14 bits per heavy atom. The third-order valence-electron chi connectivity index (χ3n) is 2.94. The number of nitrogens with one attached hydrogen (secondary N) is 2. The van der Waals surface area contributed by atoms with Crippen LogP contribution >= 0.6 is 15.9 Å². The van der Waals surface area contributed by atoms with E-state index in [0.717, 1.165) is 16.6 Å². The lowest BCUT2D eigenvalue weighted by Crippen LogP contribution is -2.27. The molecule has 6 heteroatoms. The standard InChI is InChI=1S/C15H17BrN4O/c1-3-17-14-9-18-13(8-19-14)15(21)20-10(2)11-5-4-6-12(16)7-11/h4-10H,3H2,1-2H3,(H,17,19)(H,20,21). The highest BCUT2D eigenvalue weighted by molar-refractivity contribution is 9.10. The van der Waals surface area contributed by atoms with Crippen molar-refractivity contribution in [2.45, 2.75) is 19.9 Å². The summed E-state index contributed by atoms with van der Waals surface area (Å²) in [6, 6.07) is 7.72. The molecule has 2 aromatic rings. The van der Waals surface area contributed by atoms with Crippen molar-refractivity contribution in [2.75, 3.05) is 11.9 Å². The summed E-state index contributed by atoms with van der Waals surface area (Å²) < 4.78 is 0.982. The van der Waals surface area contributed by atoms with E-state index in [2.05, 4.69) is 36.5 Å². The second kappa shape index (κ2) is 7.17. The Morgan fingerprint density at radius 3 is 2.76 bits per heavy atom. The minimum absolute atomic E-state index is 0.106. The van der Waals surface area contributed by atoms with Crippen LogP contribution < -0.4 is 10.6 Å². The average Bonchev–Trinajstić information content (AvgIpc) is 2.48. The lowest BCUT2D eigenvalue weighted by Gasteiger charge is -2.14. The Morgan fingerprint density at radius 1 is 1.33 bits per heavy atom. The number of carbonyl (C=O) groups excluding carboxylic acids is 1. The first-order valence-corrected chi connectivity index (χ1v) is 7.51. The predicted octanol–water partition coefficient (Wildman–Crippen LogP) is 3.16. The largest absolute Gasteiger partial charge is 0.369 e. The molecule has 1 heterocycles. The van der Waals surface area contributed by atoms with E-state index >= 15 is 0 Å². The highest BCUT2D eigenvalue weighted by Gasteiger charge is 2.13. The minimum atomic E-state index is -0.238. The Hall–Kier alpha value is -1.95. The van der Waals surface area contributed by atoms with Crippen LogP contribution in [0.2, 0.25) is 0 Å². The number of amides is 1. The van der Waals surface area contributed by atoms with Gasteiger partial charge in [0.1, 0.15) is 11.5 Å². The quantitative estimate of drug-likeness (QED) is 0.870. The van der Waals surface area contributed by atoms with Crippen LogP contribution in [-0.4, -0.2) is 22.4 Å². The van der Waals surface area contributed by atoms with Crippen LogP contribution in [0.4, 0.5) is 5.82 Å². The second-order valence-electron chi connectivity index (χ2n) is 4.57. The number of halogens is 1. The van der Waals surface area contributed by atoms with Crippen LogP contribution in [0.15, 0.2) is 41.1 Å². The zero-order valence-electron chi connectivity index (χ0n) is 11.9. The molecule has 5 nitrogen and oxygen atoms in total. The van der Waals surface area contributed by atoms with Gasteiger partial charge in [0.2, 0.25) is 0 Å². The number of aromatic nitrogens is 2. The Bertz CT molecular complexity index is 615. The van der Waals surface area contributed by atoms with E-state index in [1.165, 1.54) is 6.20 Å². The SMILES string of the molecule is CCNc1cnc(C(=O)NC(C)c2cccc(Br)c2)cn1. The zero-order valence-corrected chi connectivity index (χ0v) is 13.5. The molecule has 0 fully saturated rings. The number of rotatable bonds is 5. The van der Waals surface area contributed by atoms with Crippen molar-refractivity contribution in [3.8, 4) is 0 Å². The molecule has 1 amide bonds. The molecule has 0 aliphatic rings. The van der Waals surface area contributed by atoms with E-state index in [4.69, 9.17) is 0 Å². The number of carbonyl (C=O) groups is 1. The molecule has 0 saturated carbocycles. The molecular formula is C15H17BrN4O. The van der Waals surface area contributed by atoms with Crippen molar-refractivity contribution in [1.29, 1.82) is 0 Å². The summed E-state index contributed by atoms with van der Waals surface area (Å²) in [5.74, 6) is 0.423. The molecule has 0 bridgehead atoms. The maximum atomic E-state index is 12.1. The first-order chi connectivity index (χ1) is 10.1. The van der Waals surface area contributed by atoms with Gasteiger partial charge in [-0.05, 0) is 31.5 Å². The van der Waals surface area contributed by atoms with Crippen LogP contribution in [0.3, 0.4) is 0 Å². The molecule has 0 radical (unpaired) electrons. The van der Waals surface area contributed by atoms with Crippen molar-refractivity contribution in [3.05, 3.63) is 52.4 Å². The van der Waals surface area contributed by atoms with Crippen molar-refractivity contribution in [1.82, 2.24) is 15.3 Å². The number of anilines is 1. The third-order valence-corrected chi connectivity index (χ3v) is 3.43. The molecule has 0 saturated heterocycles. The maximum Gasteiger partial charge on any atom is 0.271 e. The lowest BCUT2D eigenvalue weighted by molar-refractivity contribution is 0.0934. The number of nitrogens with zero attached hydrogens (tertiary/aromatic N) is 2. The van der Waals surface area contributed by atoms with E-state index in [-0.39, 0.29) is 11.9 Å². The van der Waals surface area contributed by atoms with Gasteiger partial charge in [0.25, 0.3) is 5.91 Å². The van der Waals surface area contributed by atoms with Crippen LogP contribution in [0, 0.1) is 0 Å². The molecular weight excluding hydrogens is 332 g/mol. The fraction of sp³-hybridized carbons (Fsp3) is 0.267. The Kier molecular flexibility index (Phi) is 5.27. The fourth-order valence-electron chi connectivity index (χ4n) is 1.85. The van der Waals surface area contributed by atoms with Crippen LogP contribution in [0.25, 0.3) is 0 Å². The van der Waals surface area contributed by atoms with Gasteiger partial charge in [-0.2, -0.15) is 0 Å². The summed E-state index contributed by atoms with van der Waals surface area (Å²) in [5, 5.41) is 5.94. The van der Waals surface area contributed by atoms with E-state index in [1.54, 1.807) is 6.20 Å². The smallest absolute Gasteiger partial charge is 0.271 e. The predicted molar refractivity (Wildman–Crippen MR) is 86.2 cm³/mol. The lowest BCUT2D eigenvalue weighted by atomic mass is 10.1. The summed E-state index contributed by atoms with van der Waals surface area (Å²) >= 11 is 3.42. The first kappa shape index (κ1) is 15.4. The topological polar surface area (TPSA) is 66.9 Å². The van der Waals surface area contributed by atoms with Crippen molar-refractivity contribution in [2.24, 2.45) is 0 Å². The number of benzene rings is 1. The van der Waals surface area contributed by atoms with Gasteiger partial charge in [-0.1, -0.05) is 28.1 Å². The highest BCUT2D eigenvalue weighted by atomic mass is 79.9. The Balaban J connectivity index is 2.03. The molecule has 2 rings (SSSR count). The van der Waals surface area contributed by atoms with Crippen LogP contribution in [0.5, 0.6) is 0 Å². The molecule has 0 aliphatic heterocycles. The molecule has 1 atom stereocenters. The van der Waals surface area contributed by atoms with Crippen molar-refractivity contribution >= 4 is 27.7 Å². The van der Waals surface area contributed by atoms with Crippen LogP contribution in [-0.2, 0) is 0 Å². The zero-order chi connectivity index (χ0) is 15.2. The van der Waals surface area contributed by atoms with Gasteiger partial charge in [-0.15, -0.1) is 0 Å². The molecule has 0 spiro atoms. The van der Waals surface area contributed by atoms with Gasteiger partial charge in [0.05, 0.1) is 18.4 Å². The van der Waals surface area contributed by atoms with Crippen molar-refractivity contribution in [3.63, 3.8) is 0 Å². The summed E-state index contributed by atoms with van der Waals surface area (Å²) in [5.41, 5.74) is 1.33. The number of hydrogen-bond donors (Lipinski definition) is 2. The first-order valence-electron chi connectivity index (χ1n) is 6.72. The van der Waals surface area contributed by atoms with Gasteiger partial charge in [-0.3, -0.25) is 4.79 Å². The van der Waals surface area contributed by atoms with Gasteiger partial charge >= 0.3 is 0 Å². The summed E-state index contributed by atoms with van der Waals surface area (Å²) in [6.45, 7) is 4.67. The maximum absolute atomic E-state index is 12.1. The monoisotopic (exact) mass is 348 g/mol. The molecule has 110 valence electrons. The molecule has 21 heavy (non-hydrogen) atoms.